The number of piperidine rings is 4. The molecule has 12 N–H and O–H groups in total. The van der Waals surface area contributed by atoms with Crippen LogP contribution in [0.2, 0.25) is 10.0 Å². The number of anilines is 4. The molecule has 4 aliphatic carbocycles. The Hall–Kier alpha value is -15.4. The van der Waals surface area contributed by atoms with E-state index in [2.05, 4.69) is 112 Å². The molecule has 4 aliphatic heterocycles. The van der Waals surface area contributed by atoms with Crippen molar-refractivity contribution in [3.8, 4) is 51.1 Å². The van der Waals surface area contributed by atoms with Gasteiger partial charge in [-0.2, -0.15) is 25.7 Å². The van der Waals surface area contributed by atoms with Gasteiger partial charge in [0.2, 0.25) is 22.6 Å². The lowest BCUT2D eigenvalue weighted by Crippen LogP contribution is -2.32. The lowest BCUT2D eigenvalue weighted by Gasteiger charge is -2.26. The summed E-state index contributed by atoms with van der Waals surface area (Å²) in [6.07, 6.45) is 21.9. The van der Waals surface area contributed by atoms with Gasteiger partial charge in [0.05, 0.1) is 103 Å². The summed E-state index contributed by atoms with van der Waals surface area (Å²) >= 11 is 12.7. The fourth-order valence-corrected chi connectivity index (χ4v) is 24.6. The van der Waals surface area contributed by atoms with Crippen LogP contribution >= 0.6 is 23.2 Å². The molecule has 8 fully saturated rings. The summed E-state index contributed by atoms with van der Waals surface area (Å²) < 4.78 is 21.5. The number of aryl methyl sites for hydroxylation is 4. The number of H-pyrrole nitrogens is 4. The van der Waals surface area contributed by atoms with Crippen molar-refractivity contribution in [2.45, 2.75) is 75.0 Å². The molecule has 12 unspecified atom stereocenters. The van der Waals surface area contributed by atoms with Crippen LogP contribution in [0.3, 0.4) is 0 Å². The maximum Gasteiger partial charge on any atom is 0.202 e. The average molecular weight is 1900 g/mol. The molecule has 38 nitrogen and oxygen atoms in total. The first-order chi connectivity index (χ1) is 68.5. The zero-order valence-electron chi connectivity index (χ0n) is 76.4. The van der Waals surface area contributed by atoms with E-state index in [0.717, 1.165) is 247 Å². The summed E-state index contributed by atoms with van der Waals surface area (Å²) in [6.45, 7) is 16.9. The van der Waals surface area contributed by atoms with Crippen molar-refractivity contribution in [3.05, 3.63) is 233 Å². The van der Waals surface area contributed by atoms with Gasteiger partial charge in [-0.05, 0) is 161 Å². The molecule has 0 spiro atoms. The summed E-state index contributed by atoms with van der Waals surface area (Å²) in [4.78, 5) is 69.6. The molecule has 4 saturated heterocycles. The number of hydrogen-bond acceptors (Lipinski definition) is 34. The molecular weight excluding hydrogens is 1810 g/mol. The lowest BCUT2D eigenvalue weighted by molar-refractivity contribution is 0.379. The minimum Gasteiger partial charge on any atom is -0.361 e. The smallest absolute Gasteiger partial charge is 0.202 e. The Morgan fingerprint density at radius 1 is 0.357 bits per heavy atom. The van der Waals surface area contributed by atoms with E-state index in [0.29, 0.717) is 123 Å². The van der Waals surface area contributed by atoms with Crippen LogP contribution < -0.4 is 42.5 Å². The van der Waals surface area contributed by atoms with Crippen LogP contribution in [0.25, 0.3) is 133 Å². The molecule has 0 radical (unpaired) electrons. The molecule has 21 heterocycles. The first-order valence-corrected chi connectivity index (χ1v) is 47.7. The number of rotatable bonds is 16. The number of pyridine rings is 5. The van der Waals surface area contributed by atoms with Gasteiger partial charge >= 0.3 is 0 Å². The fourth-order valence-electron chi connectivity index (χ4n) is 24.1. The average Bonchev–Trinajstić information content (AvgIpc) is 1.54. The summed E-state index contributed by atoms with van der Waals surface area (Å²) in [5, 5.41) is 62.1. The first kappa shape index (κ1) is 86.2. The van der Waals surface area contributed by atoms with E-state index < -0.39 is 0 Å². The summed E-state index contributed by atoms with van der Waals surface area (Å²) in [7, 11) is 0. The SMILES string of the molecule is Cc1cc(C2(CN)C3CCN(c4cnc5c(-c6ccc(C#N)c7ncccc67)[nH]nc5n4)CC32)no1.Cc1cc(C2(CN)C3CCN(c4cnc5c(-c6ccc(Cl)c7cnccc67)[nH]nc5n4)CC32)no1.Cc1cc(C2(CN)C3CCN(c4cnc5c(-c6ccc(Cl)c7ncccc67)[nH]nc5n4)CC32)no1.Cc1cc(C2(CN)C3CCN(c4cnc5c(-c6ccnc7cccnc67)[nH]nc5n4)CC32)no1. The van der Waals surface area contributed by atoms with Gasteiger partial charge < -0.3 is 60.6 Å². The largest absolute Gasteiger partial charge is 0.361 e. The Kier molecular flexibility index (Phi) is 20.6. The third-order valence-electron chi connectivity index (χ3n) is 31.3. The number of halogens is 2. The fraction of sp³-hybridized carbons (Fsp3) is 0.320. The second-order valence-electron chi connectivity index (χ2n) is 38.0. The lowest BCUT2D eigenvalue weighted by atomic mass is 9.97. The zero-order valence-corrected chi connectivity index (χ0v) is 77.9. The van der Waals surface area contributed by atoms with Crippen molar-refractivity contribution in [2.75, 3.05) is 98.1 Å². The number of nitrogens with zero attached hydrogens (tertiary/aromatic N) is 26. The van der Waals surface area contributed by atoms with Crippen molar-refractivity contribution in [3.63, 3.8) is 0 Å². The predicted octanol–water partition coefficient (Wildman–Crippen LogP) is 13.4. The van der Waals surface area contributed by atoms with Crippen molar-refractivity contribution in [1.29, 1.82) is 5.26 Å². The van der Waals surface area contributed by atoms with E-state index in [1.165, 1.54) is 0 Å². The van der Waals surface area contributed by atoms with Crippen LogP contribution in [0.5, 0.6) is 0 Å². The molecule has 0 bridgehead atoms. The molecule has 40 heteroatoms. The molecule has 700 valence electrons. The number of nitriles is 1. The standard InChI is InChI=1S/C26H23N9O.2C25H23ClN8O.C24H23N9O/c1-14-9-20(34-36-14)26(13-28)18-6-8-35(12-19(18)26)21-11-30-24-23(32-33-25(24)31-21)17-5-4-15(10-27)22-16(17)3-2-7-29-22;1-13-8-20(33-35-13)25(12-27)17-5-7-34(11-18(17)25)21-10-29-23-22(31-32-24(23)30-21)15-2-3-19(26)16-9-28-6-4-14(15)16;1-13-9-19(33-35-13)25(12-27)16-6-8-34(11-17(16)25)20-10-29-23-22(31-32-24(23)30-20)15-4-5-18(26)21-14(15)3-2-7-28-21;1-13-9-18(32-34-13)24(12-25)15-5-8-33(11-16(15)24)19-10-28-22-21(30-31-23(22)29-19)14-4-7-26-17-3-2-6-27-20(14)17/h2-5,7,9,11,18-19H,6,8,12-13,28H2,1H3,(H,31,32,33);2-4,6,8-10,17-18H,5,7,11-12,27H2,1H3,(H,30,31,32);2-5,7,9-10,16-17H,6,8,11-12,27H2,1H3,(H,30,31,32);2-4,6-7,9-10,15-16H,5,8,11-12,25H2,1H3,(H,29,30,31). The zero-order chi connectivity index (χ0) is 94.8. The van der Waals surface area contributed by atoms with Crippen molar-refractivity contribution >= 4 is 135 Å². The molecule has 20 aromatic rings. The monoisotopic (exact) mass is 1900 g/mol. The first-order valence-electron chi connectivity index (χ1n) is 47.0. The highest BCUT2D eigenvalue weighted by atomic mass is 35.5. The van der Waals surface area contributed by atoms with Crippen LogP contribution in [0.1, 0.15) is 77.1 Å². The maximum atomic E-state index is 9.47. The normalized spacial score (nSPS) is 23.6. The van der Waals surface area contributed by atoms with Gasteiger partial charge in [0.25, 0.3) is 0 Å². The Balaban J connectivity index is 0.0000000985. The second kappa shape index (κ2) is 33.5. The van der Waals surface area contributed by atoms with E-state index >= 15 is 0 Å². The highest BCUT2D eigenvalue weighted by molar-refractivity contribution is 6.36. The topological polar surface area (TPSA) is 527 Å². The summed E-state index contributed by atoms with van der Waals surface area (Å²) in [5.74, 6) is 10.3. The number of benzene rings is 3. The number of aromatic amines is 4. The van der Waals surface area contributed by atoms with Gasteiger partial charge in [-0.15, -0.1) is 0 Å². The Bertz CT molecular complexity index is 8090. The van der Waals surface area contributed by atoms with Gasteiger partial charge in [0.15, 0.2) is 0 Å². The molecule has 3 aromatic carbocycles. The van der Waals surface area contributed by atoms with Crippen LogP contribution in [0, 0.1) is 86.4 Å². The number of hydrogen-bond donors (Lipinski definition) is 8. The van der Waals surface area contributed by atoms with E-state index in [4.69, 9.17) is 104 Å². The summed E-state index contributed by atoms with van der Waals surface area (Å²) in [6, 6.07) is 37.1. The maximum absolute atomic E-state index is 9.47. The molecule has 4 saturated carbocycles. The molecule has 0 amide bonds. The van der Waals surface area contributed by atoms with Crippen LogP contribution in [0.15, 0.2) is 189 Å². The third kappa shape index (κ3) is 13.7. The van der Waals surface area contributed by atoms with E-state index in [1.807, 2.05) is 156 Å². The molecule has 8 aliphatic rings. The molecule has 12 atom stereocenters. The van der Waals surface area contributed by atoms with Crippen molar-refractivity contribution in [1.82, 2.24) is 126 Å². The Morgan fingerprint density at radius 3 is 1.10 bits per heavy atom. The number of aromatic nitrogens is 25. The van der Waals surface area contributed by atoms with Crippen molar-refractivity contribution < 1.29 is 18.1 Å². The second-order valence-corrected chi connectivity index (χ2v) is 38.8. The number of nitrogens with one attached hydrogen (secondary N) is 4. The molecular formula is C100H92Cl2N34O4. The summed E-state index contributed by atoms with van der Waals surface area (Å²) in [5.41, 5.74) is 44.2. The number of fused-ring (bicyclic) bond motifs is 12. The van der Waals surface area contributed by atoms with E-state index in [9.17, 15) is 5.26 Å². The van der Waals surface area contributed by atoms with Gasteiger partial charge in [-0.3, -0.25) is 45.3 Å². The third-order valence-corrected chi connectivity index (χ3v) is 32.0. The minimum absolute atomic E-state index is 0.0983. The minimum atomic E-state index is -0.117. The number of nitrogens with two attached hydrogens (primary N) is 4. The predicted molar refractivity (Wildman–Crippen MR) is 525 cm³/mol. The van der Waals surface area contributed by atoms with E-state index in [-0.39, 0.29) is 21.7 Å². The molecule has 140 heavy (non-hydrogen) atoms. The van der Waals surface area contributed by atoms with Crippen LogP contribution in [-0.2, 0) is 21.7 Å². The van der Waals surface area contributed by atoms with E-state index in [1.54, 1.807) is 43.2 Å². The van der Waals surface area contributed by atoms with Gasteiger partial charge in [0, 0.05) is 205 Å². The van der Waals surface area contributed by atoms with Crippen molar-refractivity contribution in [2.24, 2.45) is 70.3 Å². The molecule has 28 rings (SSSR count). The van der Waals surface area contributed by atoms with Gasteiger partial charge in [-0.25, -0.2) is 39.9 Å². The van der Waals surface area contributed by atoms with Crippen LogP contribution in [0.4, 0.5) is 23.3 Å². The highest BCUT2D eigenvalue weighted by Crippen LogP contribution is 2.67. The Morgan fingerprint density at radius 2 is 0.714 bits per heavy atom. The Labute approximate surface area is 806 Å². The quantitative estimate of drug-likeness (QED) is 0.0445. The van der Waals surface area contributed by atoms with Gasteiger partial charge in [-0.1, -0.05) is 74.2 Å². The highest BCUT2D eigenvalue weighted by Gasteiger charge is 2.71. The van der Waals surface area contributed by atoms with Crippen LogP contribution in [-0.4, -0.2) is 205 Å². The van der Waals surface area contributed by atoms with Gasteiger partial charge in [0.1, 0.15) is 74.4 Å². The molecule has 17 aromatic heterocycles.